The summed E-state index contributed by atoms with van der Waals surface area (Å²) in [6.45, 7) is -2.91. The van der Waals surface area contributed by atoms with Gasteiger partial charge < -0.3 is 41.4 Å². The number of carboxylic acids is 3. The molecule has 0 bridgehead atoms. The third-order valence-electron chi connectivity index (χ3n) is 3.82. The van der Waals surface area contributed by atoms with E-state index in [-0.39, 0.29) is 13.1 Å². The van der Waals surface area contributed by atoms with Crippen LogP contribution in [0.5, 0.6) is 0 Å². The van der Waals surface area contributed by atoms with E-state index in [0.29, 0.717) is 0 Å². The molecule has 0 rings (SSSR count). The van der Waals surface area contributed by atoms with Gasteiger partial charge in [0.05, 0.1) is 19.6 Å². The van der Waals surface area contributed by atoms with E-state index in [9.17, 15) is 29.4 Å². The number of aliphatic hydroxyl groups excluding tert-OH is 1. The summed E-state index contributed by atoms with van der Waals surface area (Å²) in [7, 11) is 0. The Morgan fingerprint density at radius 3 is 1.81 bits per heavy atom. The lowest BCUT2D eigenvalue weighted by Gasteiger charge is -2.44. The zero-order chi connectivity index (χ0) is 20.4. The van der Waals surface area contributed by atoms with Crippen LogP contribution in [0.25, 0.3) is 0 Å². The van der Waals surface area contributed by atoms with Crippen LogP contribution in [0, 0.1) is 5.41 Å². The molecular formula is C14H24N2O10. The maximum absolute atomic E-state index is 12.6. The highest BCUT2D eigenvalue weighted by Gasteiger charge is 2.63. The van der Waals surface area contributed by atoms with Gasteiger partial charge in [-0.1, -0.05) is 0 Å². The zero-order valence-corrected chi connectivity index (χ0v) is 14.0. The van der Waals surface area contributed by atoms with Crippen molar-refractivity contribution in [3.8, 4) is 0 Å². The minimum Gasteiger partial charge on any atom is -0.481 e. The van der Waals surface area contributed by atoms with Crippen LogP contribution in [-0.2, 0) is 28.7 Å². The molecule has 1 atom stereocenters. The third kappa shape index (κ3) is 5.36. The molecule has 0 radical (unpaired) electrons. The molecular weight excluding hydrogens is 356 g/mol. The summed E-state index contributed by atoms with van der Waals surface area (Å²) >= 11 is 0. The van der Waals surface area contributed by atoms with Gasteiger partial charge in [-0.25, -0.2) is 9.59 Å². The average Bonchev–Trinajstić information content (AvgIpc) is 2.55. The predicted octanol–water partition coefficient (Wildman–Crippen LogP) is -2.39. The van der Waals surface area contributed by atoms with Gasteiger partial charge in [-0.05, 0) is 25.9 Å². The maximum atomic E-state index is 12.6. The molecule has 0 aliphatic rings. The SMILES string of the molecule is NCCC(CCN)(C(=O)O)C(CC(=O)O)(OCCO)C(=O)OCC(=O)O. The molecule has 8 N–H and O–H groups in total. The van der Waals surface area contributed by atoms with Crippen molar-refractivity contribution in [3.05, 3.63) is 0 Å². The number of esters is 1. The number of aliphatic hydroxyl groups is 1. The van der Waals surface area contributed by atoms with E-state index >= 15 is 0 Å². The van der Waals surface area contributed by atoms with Gasteiger partial charge in [0.15, 0.2) is 12.2 Å². The summed E-state index contributed by atoms with van der Waals surface area (Å²) in [5, 5.41) is 36.7. The lowest BCUT2D eigenvalue weighted by Crippen LogP contribution is -2.63. The van der Waals surface area contributed by atoms with E-state index in [1.807, 2.05) is 0 Å². The van der Waals surface area contributed by atoms with E-state index in [1.54, 1.807) is 0 Å². The number of carbonyl (C=O) groups is 4. The molecule has 12 nitrogen and oxygen atoms in total. The van der Waals surface area contributed by atoms with Gasteiger partial charge in [0, 0.05) is 0 Å². The molecule has 0 spiro atoms. The number of hydrogen-bond acceptors (Lipinski definition) is 9. The van der Waals surface area contributed by atoms with Gasteiger partial charge in [-0.3, -0.25) is 9.59 Å². The molecule has 0 saturated heterocycles. The summed E-state index contributed by atoms with van der Waals surface area (Å²) in [4.78, 5) is 46.7. The van der Waals surface area contributed by atoms with Gasteiger partial charge in [0.25, 0.3) is 0 Å². The van der Waals surface area contributed by atoms with Crippen molar-refractivity contribution in [2.75, 3.05) is 32.9 Å². The molecule has 0 aliphatic heterocycles. The van der Waals surface area contributed by atoms with Crippen molar-refractivity contribution in [1.29, 1.82) is 0 Å². The van der Waals surface area contributed by atoms with E-state index in [4.69, 9.17) is 26.4 Å². The fraction of sp³-hybridized carbons (Fsp3) is 0.714. The highest BCUT2D eigenvalue weighted by atomic mass is 16.6. The fourth-order valence-corrected chi connectivity index (χ4v) is 2.77. The molecule has 0 heterocycles. The molecule has 1 unspecified atom stereocenters. The van der Waals surface area contributed by atoms with Gasteiger partial charge in [-0.15, -0.1) is 0 Å². The van der Waals surface area contributed by atoms with Crippen LogP contribution in [-0.4, -0.2) is 82.8 Å². The highest BCUT2D eigenvalue weighted by molar-refractivity contribution is 5.94. The molecule has 0 aromatic carbocycles. The second kappa shape index (κ2) is 10.7. The molecule has 0 aromatic heterocycles. The molecule has 0 saturated carbocycles. The lowest BCUT2D eigenvalue weighted by atomic mass is 9.65. The van der Waals surface area contributed by atoms with E-state index in [0.717, 1.165) is 0 Å². The number of carboxylic acid groups (broad SMARTS) is 3. The Kier molecular flexibility index (Phi) is 9.72. The van der Waals surface area contributed by atoms with Gasteiger partial charge >= 0.3 is 23.9 Å². The Labute approximate surface area is 148 Å². The minimum atomic E-state index is -2.64. The molecule has 0 aromatic rings. The smallest absolute Gasteiger partial charge is 0.341 e. The van der Waals surface area contributed by atoms with Crippen LogP contribution in [0.1, 0.15) is 19.3 Å². The second-order valence-electron chi connectivity index (χ2n) is 5.40. The Balaban J connectivity index is 6.46. The van der Waals surface area contributed by atoms with Crippen molar-refractivity contribution < 1.29 is 49.1 Å². The quantitative estimate of drug-likeness (QED) is 0.174. The number of hydrogen-bond donors (Lipinski definition) is 6. The van der Waals surface area contributed by atoms with Crippen LogP contribution >= 0.6 is 0 Å². The first-order valence-electron chi connectivity index (χ1n) is 7.62. The number of rotatable bonds is 14. The van der Waals surface area contributed by atoms with E-state index in [2.05, 4.69) is 4.74 Å². The van der Waals surface area contributed by atoms with Crippen molar-refractivity contribution in [3.63, 3.8) is 0 Å². The molecule has 0 amide bonds. The zero-order valence-electron chi connectivity index (χ0n) is 14.0. The topological polar surface area (TPSA) is 220 Å². The van der Waals surface area contributed by atoms with Gasteiger partial charge in [0.1, 0.15) is 5.41 Å². The fourth-order valence-electron chi connectivity index (χ4n) is 2.77. The Bertz CT molecular complexity index is 518. The molecule has 150 valence electrons. The average molecular weight is 380 g/mol. The molecule has 0 aliphatic carbocycles. The van der Waals surface area contributed by atoms with Crippen molar-refractivity contribution in [1.82, 2.24) is 0 Å². The molecule has 12 heteroatoms. The number of aliphatic carboxylic acids is 3. The first kappa shape index (κ1) is 23.7. The Morgan fingerprint density at radius 1 is 0.923 bits per heavy atom. The standard InChI is InChI=1S/C14H24N2O10/c15-3-1-13(2-4-16,11(22)23)14(7-9(18)19,26-6-5-17)12(24)25-8-10(20)21/h17H,1-8,15-16H2,(H,18,19)(H,20,21)(H,22,23). The van der Waals surface area contributed by atoms with Crippen LogP contribution in [0.3, 0.4) is 0 Å². The maximum Gasteiger partial charge on any atom is 0.341 e. The van der Waals surface area contributed by atoms with Crippen LogP contribution in [0.15, 0.2) is 0 Å². The minimum absolute atomic E-state index is 0.262. The molecule has 26 heavy (non-hydrogen) atoms. The normalized spacial score (nSPS) is 13.7. The summed E-state index contributed by atoms with van der Waals surface area (Å²) in [6.07, 6.45) is -1.96. The van der Waals surface area contributed by atoms with Gasteiger partial charge in [-0.2, -0.15) is 0 Å². The van der Waals surface area contributed by atoms with Crippen molar-refractivity contribution in [2.45, 2.75) is 24.9 Å². The van der Waals surface area contributed by atoms with Crippen molar-refractivity contribution in [2.24, 2.45) is 16.9 Å². The Morgan fingerprint density at radius 2 is 1.46 bits per heavy atom. The van der Waals surface area contributed by atoms with Crippen LogP contribution < -0.4 is 11.5 Å². The summed E-state index contributed by atoms with van der Waals surface area (Å²) in [6, 6.07) is 0. The summed E-state index contributed by atoms with van der Waals surface area (Å²) in [5.74, 6) is -6.25. The van der Waals surface area contributed by atoms with Gasteiger partial charge in [0.2, 0.25) is 0 Å². The second-order valence-corrected chi connectivity index (χ2v) is 5.40. The van der Waals surface area contributed by atoms with E-state index < -0.39 is 74.0 Å². The highest BCUT2D eigenvalue weighted by Crippen LogP contribution is 2.45. The Hall–Kier alpha value is -2.28. The molecule has 0 fully saturated rings. The number of carbonyl (C=O) groups excluding carboxylic acids is 1. The lowest BCUT2D eigenvalue weighted by molar-refractivity contribution is -0.212. The number of ether oxygens (including phenoxy) is 2. The summed E-state index contributed by atoms with van der Waals surface area (Å²) in [5.41, 5.74) is 6.07. The van der Waals surface area contributed by atoms with Crippen LogP contribution in [0.2, 0.25) is 0 Å². The summed E-state index contributed by atoms with van der Waals surface area (Å²) < 4.78 is 9.79. The monoisotopic (exact) mass is 380 g/mol. The van der Waals surface area contributed by atoms with Crippen molar-refractivity contribution >= 4 is 23.9 Å². The van der Waals surface area contributed by atoms with E-state index in [1.165, 1.54) is 0 Å². The van der Waals surface area contributed by atoms with Crippen LogP contribution in [0.4, 0.5) is 0 Å². The first-order chi connectivity index (χ1) is 12.1. The first-order valence-corrected chi connectivity index (χ1v) is 7.62. The predicted molar refractivity (Wildman–Crippen MR) is 84.0 cm³/mol. The third-order valence-corrected chi connectivity index (χ3v) is 3.82. The largest absolute Gasteiger partial charge is 0.481 e. The number of nitrogens with two attached hydrogens (primary N) is 2.